The minimum Gasteiger partial charge on any atom is -0.373 e. The van der Waals surface area contributed by atoms with Gasteiger partial charge in [-0.25, -0.2) is 9.97 Å². The van der Waals surface area contributed by atoms with Crippen LogP contribution in [-0.2, 0) is 0 Å². The topological polar surface area (TPSA) is 53.1 Å². The van der Waals surface area contributed by atoms with Crippen molar-refractivity contribution in [3.8, 4) is 0 Å². The van der Waals surface area contributed by atoms with E-state index < -0.39 is 0 Å². The number of likely N-dealkylation sites (N-methyl/N-ethyl adjacent to an activating group) is 1. The number of aryl methyl sites for hydroxylation is 1. The third kappa shape index (κ3) is 4.35. The molecule has 1 aromatic rings. The van der Waals surface area contributed by atoms with Crippen molar-refractivity contribution in [2.45, 2.75) is 40.7 Å². The van der Waals surface area contributed by atoms with Crippen molar-refractivity contribution in [3.63, 3.8) is 0 Å². The molecular weight excluding hydrogens is 238 g/mol. The Hall–Kier alpha value is -1.36. The fraction of sp³-hybridized carbons (Fsp3) is 0.714. The van der Waals surface area contributed by atoms with E-state index in [-0.39, 0.29) is 0 Å². The maximum absolute atomic E-state index is 4.50. The van der Waals surface area contributed by atoms with Crippen LogP contribution in [0.2, 0.25) is 0 Å². The Kier molecular flexibility index (Phi) is 6.02. The molecule has 1 heterocycles. The van der Waals surface area contributed by atoms with Gasteiger partial charge in [0.1, 0.15) is 17.5 Å². The molecule has 108 valence electrons. The van der Waals surface area contributed by atoms with Crippen LogP contribution in [0, 0.1) is 13.8 Å². The van der Waals surface area contributed by atoms with Crippen molar-refractivity contribution < 1.29 is 0 Å². The summed E-state index contributed by atoms with van der Waals surface area (Å²) in [6, 6.07) is 0.359. The number of nitrogens with one attached hydrogen (secondary N) is 2. The number of aromatic nitrogens is 2. The van der Waals surface area contributed by atoms with Gasteiger partial charge in [0.05, 0.1) is 0 Å². The van der Waals surface area contributed by atoms with Crippen LogP contribution in [0.3, 0.4) is 0 Å². The molecule has 5 nitrogen and oxygen atoms in total. The smallest absolute Gasteiger partial charge is 0.135 e. The predicted molar refractivity (Wildman–Crippen MR) is 81.9 cm³/mol. The third-order valence-corrected chi connectivity index (χ3v) is 3.30. The molecule has 5 heteroatoms. The van der Waals surface area contributed by atoms with Gasteiger partial charge < -0.3 is 15.5 Å². The van der Waals surface area contributed by atoms with E-state index in [1.165, 1.54) is 0 Å². The van der Waals surface area contributed by atoms with Crippen molar-refractivity contribution >= 4 is 11.6 Å². The average Bonchev–Trinajstić information content (AvgIpc) is 2.39. The fourth-order valence-corrected chi connectivity index (χ4v) is 2.16. The van der Waals surface area contributed by atoms with Crippen molar-refractivity contribution in [1.29, 1.82) is 0 Å². The van der Waals surface area contributed by atoms with Crippen LogP contribution >= 0.6 is 0 Å². The lowest BCUT2D eigenvalue weighted by Crippen LogP contribution is -2.35. The van der Waals surface area contributed by atoms with Crippen LogP contribution < -0.4 is 10.6 Å². The molecule has 1 unspecified atom stereocenters. The molecule has 0 aliphatic heterocycles. The van der Waals surface area contributed by atoms with E-state index in [2.05, 4.69) is 46.3 Å². The van der Waals surface area contributed by atoms with Gasteiger partial charge in [-0.05, 0) is 33.9 Å². The molecule has 0 saturated heterocycles. The number of nitrogens with zero attached hydrogens (tertiary/aromatic N) is 3. The zero-order chi connectivity index (χ0) is 14.4. The molecule has 1 atom stereocenters. The average molecular weight is 265 g/mol. The Balaban J connectivity index is 2.78. The van der Waals surface area contributed by atoms with Gasteiger partial charge in [0.2, 0.25) is 0 Å². The molecule has 0 fully saturated rings. The first-order valence-corrected chi connectivity index (χ1v) is 7.03. The maximum atomic E-state index is 4.50. The Bertz CT molecular complexity index is 401. The lowest BCUT2D eigenvalue weighted by Gasteiger charge is -2.24. The molecule has 1 aromatic heterocycles. The Morgan fingerprint density at radius 1 is 1.11 bits per heavy atom. The van der Waals surface area contributed by atoms with Gasteiger partial charge in [0.15, 0.2) is 0 Å². The minimum absolute atomic E-state index is 0.359. The van der Waals surface area contributed by atoms with E-state index in [4.69, 9.17) is 0 Å². The van der Waals surface area contributed by atoms with Crippen molar-refractivity contribution in [2.24, 2.45) is 0 Å². The summed E-state index contributed by atoms with van der Waals surface area (Å²) in [6.45, 7) is 13.7. The largest absolute Gasteiger partial charge is 0.373 e. The Labute approximate surface area is 116 Å². The number of hydrogen-bond donors (Lipinski definition) is 2. The van der Waals surface area contributed by atoms with E-state index >= 15 is 0 Å². The summed E-state index contributed by atoms with van der Waals surface area (Å²) in [4.78, 5) is 11.3. The molecule has 0 bridgehead atoms. The molecule has 19 heavy (non-hydrogen) atoms. The van der Waals surface area contributed by atoms with Gasteiger partial charge in [-0.2, -0.15) is 0 Å². The zero-order valence-corrected chi connectivity index (χ0v) is 13.0. The van der Waals surface area contributed by atoms with E-state index in [1.807, 2.05) is 20.9 Å². The first-order chi connectivity index (χ1) is 9.01. The molecule has 0 amide bonds. The fourth-order valence-electron chi connectivity index (χ4n) is 2.16. The quantitative estimate of drug-likeness (QED) is 0.792. The lowest BCUT2D eigenvalue weighted by molar-refractivity contribution is 0.294. The second-order valence-electron chi connectivity index (χ2n) is 4.87. The van der Waals surface area contributed by atoms with Crippen molar-refractivity contribution in [3.05, 3.63) is 11.4 Å². The molecule has 0 radical (unpaired) electrons. The van der Waals surface area contributed by atoms with Crippen molar-refractivity contribution in [1.82, 2.24) is 14.9 Å². The van der Waals surface area contributed by atoms with Gasteiger partial charge in [0.25, 0.3) is 0 Å². The van der Waals surface area contributed by atoms with Gasteiger partial charge in [-0.3, -0.25) is 0 Å². The summed E-state index contributed by atoms with van der Waals surface area (Å²) in [5.41, 5.74) is 1.07. The normalized spacial score (nSPS) is 12.6. The second-order valence-corrected chi connectivity index (χ2v) is 4.87. The van der Waals surface area contributed by atoms with Crippen LogP contribution in [0.15, 0.2) is 0 Å². The molecule has 2 N–H and O–H groups in total. The summed E-state index contributed by atoms with van der Waals surface area (Å²) < 4.78 is 0. The summed E-state index contributed by atoms with van der Waals surface area (Å²) in [6.07, 6.45) is 0. The first kappa shape index (κ1) is 15.7. The summed E-state index contributed by atoms with van der Waals surface area (Å²) in [7, 11) is 1.89. The molecule has 0 aliphatic carbocycles. The molecule has 1 rings (SSSR count). The van der Waals surface area contributed by atoms with Crippen LogP contribution in [0.5, 0.6) is 0 Å². The van der Waals surface area contributed by atoms with Crippen LogP contribution in [-0.4, -0.2) is 47.6 Å². The van der Waals surface area contributed by atoms with Crippen LogP contribution in [0.1, 0.15) is 32.2 Å². The van der Waals surface area contributed by atoms with Crippen molar-refractivity contribution in [2.75, 3.05) is 37.3 Å². The summed E-state index contributed by atoms with van der Waals surface area (Å²) in [5.74, 6) is 2.61. The van der Waals surface area contributed by atoms with Gasteiger partial charge >= 0.3 is 0 Å². The molecule has 0 aliphatic rings. The summed E-state index contributed by atoms with van der Waals surface area (Å²) >= 11 is 0. The molecule has 0 saturated carbocycles. The highest BCUT2D eigenvalue weighted by Gasteiger charge is 2.12. The van der Waals surface area contributed by atoms with E-state index in [0.717, 1.165) is 42.7 Å². The third-order valence-electron chi connectivity index (χ3n) is 3.30. The van der Waals surface area contributed by atoms with E-state index in [1.54, 1.807) is 0 Å². The number of rotatable bonds is 7. The SMILES string of the molecule is CCN(CC)CC(C)Nc1nc(C)nc(NC)c1C. The zero-order valence-electron chi connectivity index (χ0n) is 13.0. The molecular formula is C14H27N5. The highest BCUT2D eigenvalue weighted by Crippen LogP contribution is 2.20. The van der Waals surface area contributed by atoms with E-state index in [9.17, 15) is 0 Å². The maximum Gasteiger partial charge on any atom is 0.135 e. The molecule has 0 aromatic carbocycles. The summed E-state index contributed by atoms with van der Waals surface area (Å²) in [5, 5.41) is 6.60. The number of anilines is 2. The second kappa shape index (κ2) is 7.28. The highest BCUT2D eigenvalue weighted by atomic mass is 15.2. The van der Waals surface area contributed by atoms with Gasteiger partial charge in [-0.1, -0.05) is 13.8 Å². The standard InChI is InChI=1S/C14H27N5/c1-7-19(8-2)9-10(3)16-14-11(4)13(15-6)17-12(5)18-14/h10H,7-9H2,1-6H3,(H2,15,16,17,18). The van der Waals surface area contributed by atoms with Crippen LogP contribution in [0.25, 0.3) is 0 Å². The Morgan fingerprint density at radius 3 is 2.21 bits per heavy atom. The van der Waals surface area contributed by atoms with Gasteiger partial charge in [0, 0.05) is 25.2 Å². The first-order valence-electron chi connectivity index (χ1n) is 7.03. The highest BCUT2D eigenvalue weighted by molar-refractivity contribution is 5.57. The lowest BCUT2D eigenvalue weighted by atomic mass is 10.2. The van der Waals surface area contributed by atoms with Crippen LogP contribution in [0.4, 0.5) is 11.6 Å². The monoisotopic (exact) mass is 265 g/mol. The predicted octanol–water partition coefficient (Wildman–Crippen LogP) is 2.28. The minimum atomic E-state index is 0.359. The molecule has 0 spiro atoms. The van der Waals surface area contributed by atoms with Gasteiger partial charge in [-0.15, -0.1) is 0 Å². The van der Waals surface area contributed by atoms with E-state index in [0.29, 0.717) is 6.04 Å². The Morgan fingerprint density at radius 2 is 1.68 bits per heavy atom. The number of hydrogen-bond acceptors (Lipinski definition) is 5.